The predicted octanol–water partition coefficient (Wildman–Crippen LogP) is 1.27. The molecule has 1 N–H and O–H groups in total. The van der Waals surface area contributed by atoms with Gasteiger partial charge >= 0.3 is 0 Å². The van der Waals surface area contributed by atoms with Crippen molar-refractivity contribution in [1.29, 1.82) is 0 Å². The molecule has 122 valence electrons. The van der Waals surface area contributed by atoms with Gasteiger partial charge in [-0.05, 0) is 45.2 Å². The Balaban J connectivity index is 0.00000220. The van der Waals surface area contributed by atoms with Crippen LogP contribution in [0.5, 0.6) is 0 Å². The fourth-order valence-corrected chi connectivity index (χ4v) is 3.38. The summed E-state index contributed by atoms with van der Waals surface area (Å²) in [5.41, 5.74) is 0. The van der Waals surface area contributed by atoms with Crippen molar-refractivity contribution >= 4 is 24.2 Å². The summed E-state index contributed by atoms with van der Waals surface area (Å²) < 4.78 is 0. The van der Waals surface area contributed by atoms with Crippen LogP contribution in [0.15, 0.2) is 0 Å². The Morgan fingerprint density at radius 1 is 1.24 bits per heavy atom. The highest BCUT2D eigenvalue weighted by Crippen LogP contribution is 2.24. The highest BCUT2D eigenvalue weighted by Gasteiger charge is 2.38. The zero-order valence-corrected chi connectivity index (χ0v) is 14.0. The zero-order valence-electron chi connectivity index (χ0n) is 13.1. The van der Waals surface area contributed by atoms with E-state index in [1.807, 2.05) is 23.8 Å². The molecule has 21 heavy (non-hydrogen) atoms. The van der Waals surface area contributed by atoms with Crippen LogP contribution < -0.4 is 5.32 Å². The molecule has 0 radical (unpaired) electrons. The number of amides is 2. The Kier molecular flexibility index (Phi) is 7.46. The first-order chi connectivity index (χ1) is 9.67. The van der Waals surface area contributed by atoms with Crippen molar-refractivity contribution in [2.75, 3.05) is 33.2 Å². The minimum atomic E-state index is -0.192. The second-order valence-electron chi connectivity index (χ2n) is 5.99. The molecule has 0 aromatic heterocycles. The Labute approximate surface area is 133 Å². The molecular formula is C15H28ClN3O2. The van der Waals surface area contributed by atoms with Crippen molar-refractivity contribution in [2.45, 2.75) is 45.1 Å². The largest absolute Gasteiger partial charge is 0.341 e. The van der Waals surface area contributed by atoms with Crippen LogP contribution in [0, 0.1) is 5.92 Å². The lowest BCUT2D eigenvalue weighted by Gasteiger charge is -2.28. The van der Waals surface area contributed by atoms with E-state index in [1.165, 1.54) is 0 Å². The second-order valence-corrected chi connectivity index (χ2v) is 5.99. The third-order valence-electron chi connectivity index (χ3n) is 4.41. The van der Waals surface area contributed by atoms with E-state index < -0.39 is 0 Å². The first-order valence-corrected chi connectivity index (χ1v) is 7.90. The second kappa shape index (κ2) is 8.59. The van der Waals surface area contributed by atoms with Gasteiger partial charge in [0.1, 0.15) is 6.04 Å². The topological polar surface area (TPSA) is 52.7 Å². The van der Waals surface area contributed by atoms with E-state index in [-0.39, 0.29) is 30.3 Å². The Morgan fingerprint density at radius 3 is 2.67 bits per heavy atom. The number of carbonyl (C=O) groups is 2. The fourth-order valence-electron chi connectivity index (χ4n) is 3.38. The molecule has 0 aromatic rings. The van der Waals surface area contributed by atoms with Crippen LogP contribution in [-0.2, 0) is 9.59 Å². The van der Waals surface area contributed by atoms with Crippen molar-refractivity contribution in [3.8, 4) is 0 Å². The molecule has 2 fully saturated rings. The molecule has 2 amide bonds. The number of nitrogens with zero attached hydrogens (tertiary/aromatic N) is 2. The number of rotatable bonds is 5. The Bertz CT molecular complexity index is 365. The Morgan fingerprint density at radius 2 is 2.00 bits per heavy atom. The number of hydrogen-bond donors (Lipinski definition) is 1. The third-order valence-corrected chi connectivity index (χ3v) is 4.41. The lowest BCUT2D eigenvalue weighted by Crippen LogP contribution is -2.47. The van der Waals surface area contributed by atoms with Gasteiger partial charge in [-0.25, -0.2) is 0 Å². The van der Waals surface area contributed by atoms with E-state index in [9.17, 15) is 9.59 Å². The number of likely N-dealkylation sites (tertiary alicyclic amines) is 2. The van der Waals surface area contributed by atoms with Gasteiger partial charge < -0.3 is 15.1 Å². The molecule has 2 aliphatic heterocycles. The van der Waals surface area contributed by atoms with Crippen molar-refractivity contribution in [3.05, 3.63) is 0 Å². The minimum absolute atomic E-state index is 0. The normalized spacial score (nSPS) is 25.0. The van der Waals surface area contributed by atoms with Gasteiger partial charge in [-0.1, -0.05) is 6.92 Å². The Hall–Kier alpha value is -0.810. The summed E-state index contributed by atoms with van der Waals surface area (Å²) in [4.78, 5) is 28.5. The molecule has 0 spiro atoms. The van der Waals surface area contributed by atoms with Gasteiger partial charge in [0.05, 0.1) is 0 Å². The highest BCUT2D eigenvalue weighted by molar-refractivity contribution is 5.88. The van der Waals surface area contributed by atoms with E-state index in [0.29, 0.717) is 12.3 Å². The summed E-state index contributed by atoms with van der Waals surface area (Å²) in [7, 11) is 1.95. The molecule has 2 saturated heterocycles. The molecule has 0 aromatic carbocycles. The predicted molar refractivity (Wildman–Crippen MR) is 85.5 cm³/mol. The number of halogens is 1. The van der Waals surface area contributed by atoms with Crippen LogP contribution in [0.1, 0.15) is 39.0 Å². The number of hydrogen-bond acceptors (Lipinski definition) is 3. The van der Waals surface area contributed by atoms with Crippen LogP contribution in [0.4, 0.5) is 0 Å². The number of nitrogens with one attached hydrogen (secondary N) is 1. The molecule has 2 atom stereocenters. The molecular weight excluding hydrogens is 290 g/mol. The summed E-state index contributed by atoms with van der Waals surface area (Å²) in [5.74, 6) is 0.880. The van der Waals surface area contributed by atoms with E-state index in [4.69, 9.17) is 0 Å². The third kappa shape index (κ3) is 4.33. The van der Waals surface area contributed by atoms with E-state index in [1.54, 1.807) is 0 Å². The molecule has 2 heterocycles. The van der Waals surface area contributed by atoms with Gasteiger partial charge in [0, 0.05) is 26.1 Å². The lowest BCUT2D eigenvalue weighted by atomic mass is 10.1. The van der Waals surface area contributed by atoms with Gasteiger partial charge in [-0.2, -0.15) is 0 Å². The molecule has 0 saturated carbocycles. The molecule has 0 bridgehead atoms. The summed E-state index contributed by atoms with van der Waals surface area (Å²) in [6, 6.07) is -0.192. The zero-order chi connectivity index (χ0) is 14.5. The van der Waals surface area contributed by atoms with Crippen LogP contribution in [-0.4, -0.2) is 60.9 Å². The minimum Gasteiger partial charge on any atom is -0.341 e. The first-order valence-electron chi connectivity index (χ1n) is 7.90. The van der Waals surface area contributed by atoms with Crippen LogP contribution in [0.3, 0.4) is 0 Å². The van der Waals surface area contributed by atoms with Gasteiger partial charge in [-0.3, -0.25) is 9.59 Å². The summed E-state index contributed by atoms with van der Waals surface area (Å²) >= 11 is 0. The number of carbonyl (C=O) groups excluding carboxylic acids is 2. The smallest absolute Gasteiger partial charge is 0.245 e. The van der Waals surface area contributed by atoms with Gasteiger partial charge in [0.25, 0.3) is 0 Å². The van der Waals surface area contributed by atoms with Crippen molar-refractivity contribution in [3.63, 3.8) is 0 Å². The average molecular weight is 318 g/mol. The van der Waals surface area contributed by atoms with Crippen molar-refractivity contribution < 1.29 is 9.59 Å². The van der Waals surface area contributed by atoms with E-state index in [2.05, 4.69) is 5.32 Å². The van der Waals surface area contributed by atoms with Gasteiger partial charge in [0.2, 0.25) is 11.8 Å². The van der Waals surface area contributed by atoms with Gasteiger partial charge in [-0.15, -0.1) is 12.4 Å². The summed E-state index contributed by atoms with van der Waals surface area (Å²) in [6.07, 6.45) is 4.28. The first kappa shape index (κ1) is 18.2. The van der Waals surface area contributed by atoms with E-state index >= 15 is 0 Å². The molecule has 2 unspecified atom stereocenters. The lowest BCUT2D eigenvalue weighted by molar-refractivity contribution is -0.143. The fraction of sp³-hybridized carbons (Fsp3) is 0.867. The average Bonchev–Trinajstić information content (AvgIpc) is 3.07. The monoisotopic (exact) mass is 317 g/mol. The maximum atomic E-state index is 12.6. The van der Waals surface area contributed by atoms with Crippen molar-refractivity contribution in [2.24, 2.45) is 5.92 Å². The van der Waals surface area contributed by atoms with Crippen LogP contribution >= 0.6 is 12.4 Å². The van der Waals surface area contributed by atoms with Crippen LogP contribution in [0.2, 0.25) is 0 Å². The molecule has 2 rings (SSSR count). The quantitative estimate of drug-likeness (QED) is 0.831. The molecule has 2 aliphatic rings. The SMILES string of the molecule is CCCC(=O)N1CCCC1C(=O)N1CCC(CNC)C1.Cl. The summed E-state index contributed by atoms with van der Waals surface area (Å²) in [6.45, 7) is 5.41. The maximum absolute atomic E-state index is 12.6. The van der Waals surface area contributed by atoms with Crippen molar-refractivity contribution in [1.82, 2.24) is 15.1 Å². The standard InChI is InChI=1S/C15H27N3O2.ClH/c1-3-5-14(19)18-8-4-6-13(18)15(20)17-9-7-12(11-17)10-16-2;/h12-13,16H,3-11H2,1-2H3;1H. The maximum Gasteiger partial charge on any atom is 0.245 e. The highest BCUT2D eigenvalue weighted by atomic mass is 35.5. The summed E-state index contributed by atoms with van der Waals surface area (Å²) in [5, 5.41) is 3.18. The molecule has 5 nitrogen and oxygen atoms in total. The van der Waals surface area contributed by atoms with Crippen LogP contribution in [0.25, 0.3) is 0 Å². The van der Waals surface area contributed by atoms with Gasteiger partial charge in [0.15, 0.2) is 0 Å². The molecule has 6 heteroatoms. The van der Waals surface area contributed by atoms with E-state index in [0.717, 1.165) is 51.9 Å². The molecule has 0 aliphatic carbocycles.